The van der Waals surface area contributed by atoms with E-state index in [1.165, 1.54) is 18.3 Å². The summed E-state index contributed by atoms with van der Waals surface area (Å²) in [4.78, 5) is 25.6. The summed E-state index contributed by atoms with van der Waals surface area (Å²) >= 11 is 0. The molecule has 5 nitrogen and oxygen atoms in total. The quantitative estimate of drug-likeness (QED) is 0.491. The zero-order chi connectivity index (χ0) is 22.0. The number of amides is 1. The van der Waals surface area contributed by atoms with Gasteiger partial charge in [0.15, 0.2) is 0 Å². The van der Waals surface area contributed by atoms with Crippen LogP contribution in [-0.2, 0) is 6.18 Å². The smallest absolute Gasteiger partial charge is 0.343 e. The number of rotatable bonds is 4. The lowest BCUT2D eigenvalue weighted by molar-refractivity contribution is -0.137. The molecule has 4 rings (SSSR count). The van der Waals surface area contributed by atoms with Crippen molar-refractivity contribution in [1.29, 1.82) is 0 Å². The van der Waals surface area contributed by atoms with Crippen LogP contribution >= 0.6 is 0 Å². The van der Waals surface area contributed by atoms with Crippen molar-refractivity contribution in [3.63, 3.8) is 0 Å². The van der Waals surface area contributed by atoms with Crippen LogP contribution in [-0.4, -0.2) is 20.9 Å². The molecule has 0 aliphatic carbocycles. The molecule has 1 atom stereocenters. The van der Waals surface area contributed by atoms with Crippen molar-refractivity contribution in [1.82, 2.24) is 20.3 Å². The Morgan fingerprint density at radius 1 is 0.968 bits per heavy atom. The number of nitrogens with one attached hydrogen (secondary N) is 1. The lowest BCUT2D eigenvalue weighted by atomic mass is 10.0. The van der Waals surface area contributed by atoms with E-state index < -0.39 is 17.6 Å². The van der Waals surface area contributed by atoms with Gasteiger partial charge in [0.25, 0.3) is 5.91 Å². The summed E-state index contributed by atoms with van der Waals surface area (Å²) in [6.45, 7) is 1.82. The number of hydrogen-bond acceptors (Lipinski definition) is 4. The fourth-order valence-electron chi connectivity index (χ4n) is 3.20. The van der Waals surface area contributed by atoms with Gasteiger partial charge in [-0.25, -0.2) is 4.98 Å². The monoisotopic (exact) mass is 422 g/mol. The molecule has 0 aliphatic rings. The van der Waals surface area contributed by atoms with Crippen LogP contribution in [0.2, 0.25) is 0 Å². The van der Waals surface area contributed by atoms with Crippen LogP contribution in [0, 0.1) is 0 Å². The first kappa shape index (κ1) is 20.5. The zero-order valence-corrected chi connectivity index (χ0v) is 16.4. The molecule has 4 aromatic rings. The van der Waals surface area contributed by atoms with Gasteiger partial charge in [0, 0.05) is 11.8 Å². The van der Waals surface area contributed by atoms with Crippen molar-refractivity contribution in [2.75, 3.05) is 0 Å². The Hall–Kier alpha value is -3.81. The van der Waals surface area contributed by atoms with Gasteiger partial charge < -0.3 is 5.32 Å². The maximum Gasteiger partial charge on any atom is 0.416 e. The number of halogens is 3. The average Bonchev–Trinajstić information content (AvgIpc) is 2.78. The van der Waals surface area contributed by atoms with Gasteiger partial charge in [0.1, 0.15) is 5.69 Å². The van der Waals surface area contributed by atoms with Crippen molar-refractivity contribution in [2.45, 2.75) is 19.1 Å². The van der Waals surface area contributed by atoms with Gasteiger partial charge >= 0.3 is 6.18 Å². The first-order chi connectivity index (χ1) is 14.8. The lowest BCUT2D eigenvalue weighted by Gasteiger charge is -2.13. The molecule has 156 valence electrons. The number of para-hydroxylation sites is 1. The summed E-state index contributed by atoms with van der Waals surface area (Å²) in [5, 5.41) is 2.83. The SMILES string of the molecule is C[C@H](NC(=O)c1cnc2c(-c3ccc(C(F)(F)F)cc3)cccc2n1)c1ccccn1. The van der Waals surface area contributed by atoms with Crippen molar-refractivity contribution in [3.8, 4) is 11.1 Å². The highest BCUT2D eigenvalue weighted by atomic mass is 19.4. The number of carbonyl (C=O) groups is 1. The van der Waals surface area contributed by atoms with Crippen molar-refractivity contribution in [3.05, 3.63) is 90.0 Å². The van der Waals surface area contributed by atoms with E-state index in [1.807, 2.05) is 19.1 Å². The topological polar surface area (TPSA) is 67.8 Å². The number of fused-ring (bicyclic) bond motifs is 1. The fraction of sp³-hybridized carbons (Fsp3) is 0.130. The molecule has 0 unspecified atom stereocenters. The minimum absolute atomic E-state index is 0.139. The molecule has 0 fully saturated rings. The second kappa shape index (κ2) is 8.14. The predicted octanol–water partition coefficient (Wildman–Crippen LogP) is 5.20. The van der Waals surface area contributed by atoms with Gasteiger partial charge in [-0.15, -0.1) is 0 Å². The maximum absolute atomic E-state index is 12.8. The molecule has 0 bridgehead atoms. The number of benzene rings is 2. The minimum Gasteiger partial charge on any atom is -0.343 e. The first-order valence-corrected chi connectivity index (χ1v) is 9.48. The highest BCUT2D eigenvalue weighted by molar-refractivity contribution is 5.96. The number of carbonyl (C=O) groups excluding carboxylic acids is 1. The Morgan fingerprint density at radius 3 is 2.42 bits per heavy atom. The van der Waals surface area contributed by atoms with Crippen molar-refractivity contribution in [2.24, 2.45) is 0 Å². The van der Waals surface area contributed by atoms with Gasteiger partial charge in [0.05, 0.1) is 34.5 Å². The molecule has 8 heteroatoms. The van der Waals surface area contributed by atoms with E-state index >= 15 is 0 Å². The summed E-state index contributed by atoms with van der Waals surface area (Å²) in [5.41, 5.74) is 2.31. The summed E-state index contributed by atoms with van der Waals surface area (Å²) in [7, 11) is 0. The van der Waals surface area contributed by atoms with E-state index in [0.29, 0.717) is 27.9 Å². The van der Waals surface area contributed by atoms with Gasteiger partial charge in [-0.1, -0.05) is 30.3 Å². The van der Waals surface area contributed by atoms with Crippen molar-refractivity contribution >= 4 is 16.9 Å². The molecular weight excluding hydrogens is 405 g/mol. The molecule has 0 saturated heterocycles. The van der Waals surface area contributed by atoms with Crippen LogP contribution in [0.4, 0.5) is 13.2 Å². The van der Waals surface area contributed by atoms with E-state index in [9.17, 15) is 18.0 Å². The third kappa shape index (κ3) is 4.37. The Kier molecular flexibility index (Phi) is 5.37. The number of alkyl halides is 3. The third-order valence-electron chi connectivity index (χ3n) is 4.81. The molecule has 2 heterocycles. The van der Waals surface area contributed by atoms with E-state index in [2.05, 4.69) is 20.3 Å². The first-order valence-electron chi connectivity index (χ1n) is 9.48. The van der Waals surface area contributed by atoms with E-state index in [4.69, 9.17) is 0 Å². The summed E-state index contributed by atoms with van der Waals surface area (Å²) in [5.74, 6) is -0.396. The Morgan fingerprint density at radius 2 is 1.74 bits per heavy atom. The Balaban J connectivity index is 1.61. The van der Waals surface area contributed by atoms with Gasteiger partial charge in [-0.3, -0.25) is 14.8 Å². The second-order valence-electron chi connectivity index (χ2n) is 6.95. The molecule has 0 spiro atoms. The second-order valence-corrected chi connectivity index (χ2v) is 6.95. The van der Waals surface area contributed by atoms with Crippen LogP contribution in [0.3, 0.4) is 0 Å². The predicted molar refractivity (Wildman–Crippen MR) is 110 cm³/mol. The maximum atomic E-state index is 12.8. The van der Waals surface area contributed by atoms with Crippen LogP contribution in [0.1, 0.15) is 34.7 Å². The molecule has 31 heavy (non-hydrogen) atoms. The standard InChI is InChI=1S/C23H17F3N4O/c1-14(18-6-2-3-12-27-18)29-22(31)20-13-28-21-17(5-4-7-19(21)30-20)15-8-10-16(11-9-15)23(24,25)26/h2-14H,1H3,(H,29,31)/t14-/m0/s1. The Bertz CT molecular complexity index is 1230. The number of pyridine rings is 1. The molecule has 2 aromatic heterocycles. The summed E-state index contributed by atoms with van der Waals surface area (Å²) in [6, 6.07) is 15.2. The normalized spacial score (nSPS) is 12.5. The van der Waals surface area contributed by atoms with Gasteiger partial charge in [0.2, 0.25) is 0 Å². The zero-order valence-electron chi connectivity index (χ0n) is 16.4. The van der Waals surface area contributed by atoms with Crippen molar-refractivity contribution < 1.29 is 18.0 Å². The Labute approximate surface area is 176 Å². The highest BCUT2D eigenvalue weighted by Gasteiger charge is 2.30. The van der Waals surface area contributed by atoms with E-state index in [1.54, 1.807) is 30.5 Å². The third-order valence-corrected chi connectivity index (χ3v) is 4.81. The number of hydrogen-bond donors (Lipinski definition) is 1. The molecule has 1 amide bonds. The minimum atomic E-state index is -4.40. The molecular formula is C23H17F3N4O. The summed E-state index contributed by atoms with van der Waals surface area (Å²) in [6.07, 6.45) is -1.39. The molecule has 0 radical (unpaired) electrons. The fourth-order valence-corrected chi connectivity index (χ4v) is 3.20. The van der Waals surface area contributed by atoms with Gasteiger partial charge in [-0.05, 0) is 42.8 Å². The van der Waals surface area contributed by atoms with Crippen LogP contribution in [0.15, 0.2) is 73.1 Å². The lowest BCUT2D eigenvalue weighted by Crippen LogP contribution is -2.28. The molecule has 2 aromatic carbocycles. The molecule has 1 N–H and O–H groups in total. The number of nitrogens with zero attached hydrogens (tertiary/aromatic N) is 3. The average molecular weight is 422 g/mol. The highest BCUT2D eigenvalue weighted by Crippen LogP contribution is 2.32. The number of aromatic nitrogens is 3. The van der Waals surface area contributed by atoms with E-state index in [0.717, 1.165) is 12.1 Å². The van der Waals surface area contributed by atoms with Crippen LogP contribution in [0.25, 0.3) is 22.2 Å². The molecule has 0 saturated carbocycles. The van der Waals surface area contributed by atoms with E-state index in [-0.39, 0.29) is 11.7 Å². The van der Waals surface area contributed by atoms with Crippen LogP contribution in [0.5, 0.6) is 0 Å². The van der Waals surface area contributed by atoms with Crippen LogP contribution < -0.4 is 5.32 Å². The van der Waals surface area contributed by atoms with Gasteiger partial charge in [-0.2, -0.15) is 13.2 Å². The largest absolute Gasteiger partial charge is 0.416 e. The summed E-state index contributed by atoms with van der Waals surface area (Å²) < 4.78 is 38.5. The molecule has 0 aliphatic heterocycles.